The molecule has 2 aliphatic heterocycles. The molecule has 0 atom stereocenters. The van der Waals surface area contributed by atoms with Crippen molar-refractivity contribution in [3.63, 3.8) is 0 Å². The Hall–Kier alpha value is -2.52. The van der Waals surface area contributed by atoms with Gasteiger partial charge >= 0.3 is 0 Å². The molecule has 1 amide bonds. The first-order valence-corrected chi connectivity index (χ1v) is 12.2. The Morgan fingerprint density at radius 3 is 2.31 bits per heavy atom. The lowest BCUT2D eigenvalue weighted by Crippen LogP contribution is -2.36. The number of benzene rings is 2. The number of carbonyl (C=O) groups is 1. The summed E-state index contributed by atoms with van der Waals surface area (Å²) >= 11 is 0. The quantitative estimate of drug-likeness (QED) is 0.683. The molecule has 1 saturated heterocycles. The molecule has 0 N–H and O–H groups in total. The summed E-state index contributed by atoms with van der Waals surface area (Å²) in [4.78, 5) is 14.9. The van der Waals surface area contributed by atoms with Gasteiger partial charge in [-0.25, -0.2) is 17.2 Å². The van der Waals surface area contributed by atoms with Crippen LogP contribution in [0.1, 0.15) is 48.0 Å². The van der Waals surface area contributed by atoms with Crippen molar-refractivity contribution >= 4 is 21.6 Å². The highest BCUT2D eigenvalue weighted by Gasteiger charge is 2.30. The van der Waals surface area contributed by atoms with Crippen LogP contribution in [0.2, 0.25) is 0 Å². The van der Waals surface area contributed by atoms with Crippen LogP contribution in [0, 0.1) is 11.6 Å². The summed E-state index contributed by atoms with van der Waals surface area (Å²) < 4.78 is 60.9. The summed E-state index contributed by atoms with van der Waals surface area (Å²) in [7, 11) is -2.38. The summed E-state index contributed by atoms with van der Waals surface area (Å²) in [6.45, 7) is 1.20. The van der Waals surface area contributed by atoms with Crippen LogP contribution >= 0.6 is 0 Å². The van der Waals surface area contributed by atoms with Gasteiger partial charge in [-0.15, -0.1) is 0 Å². The van der Waals surface area contributed by atoms with Crippen LogP contribution in [0.15, 0.2) is 35.2 Å². The molecule has 2 aromatic rings. The number of amides is 1. The molecule has 2 aliphatic rings. The number of methoxy groups -OCH3 is 1. The van der Waals surface area contributed by atoms with Crippen LogP contribution < -0.4 is 9.64 Å². The fourth-order valence-corrected chi connectivity index (χ4v) is 5.92. The van der Waals surface area contributed by atoms with E-state index >= 15 is 0 Å². The molecule has 0 spiro atoms. The smallest absolute Gasteiger partial charge is 0.262 e. The number of rotatable bonds is 4. The van der Waals surface area contributed by atoms with Gasteiger partial charge in [-0.05, 0) is 55.5 Å². The largest absolute Gasteiger partial charge is 0.496 e. The SMILES string of the molecule is COc1ccc(S(=O)(=O)N2CCCCCC2)cc1C(=O)N1CCCc2cc(F)c(F)cc21. The molecule has 2 heterocycles. The van der Waals surface area contributed by atoms with Gasteiger partial charge in [0.2, 0.25) is 10.0 Å². The van der Waals surface area contributed by atoms with Crippen molar-refractivity contribution in [1.29, 1.82) is 0 Å². The van der Waals surface area contributed by atoms with Crippen molar-refractivity contribution in [1.82, 2.24) is 4.31 Å². The number of sulfonamides is 1. The molecule has 0 saturated carbocycles. The topological polar surface area (TPSA) is 66.9 Å². The standard InChI is InChI=1S/C23H26F2N2O4S/c1-31-22-9-8-17(32(29,30)26-10-4-2-3-5-11-26)14-18(22)23(28)27-12-6-7-16-13-19(24)20(25)15-21(16)27/h8-9,13-15H,2-7,10-12H2,1H3. The van der Waals surface area contributed by atoms with Gasteiger partial charge in [0.15, 0.2) is 11.6 Å². The zero-order valence-electron chi connectivity index (χ0n) is 17.9. The third-order valence-electron chi connectivity index (χ3n) is 6.09. The molecular formula is C23H26F2N2O4S. The van der Waals surface area contributed by atoms with E-state index in [4.69, 9.17) is 4.74 Å². The van der Waals surface area contributed by atoms with E-state index in [2.05, 4.69) is 0 Å². The maximum Gasteiger partial charge on any atom is 0.262 e. The van der Waals surface area contributed by atoms with E-state index in [1.807, 2.05) is 0 Å². The van der Waals surface area contributed by atoms with Gasteiger partial charge in [-0.2, -0.15) is 4.31 Å². The maximum absolute atomic E-state index is 13.9. The molecule has 32 heavy (non-hydrogen) atoms. The minimum Gasteiger partial charge on any atom is -0.496 e. The van der Waals surface area contributed by atoms with E-state index in [1.54, 1.807) is 0 Å². The number of hydrogen-bond acceptors (Lipinski definition) is 4. The third kappa shape index (κ3) is 4.23. The molecule has 0 aliphatic carbocycles. The lowest BCUT2D eigenvalue weighted by Gasteiger charge is -2.30. The van der Waals surface area contributed by atoms with Crippen molar-refractivity contribution in [2.75, 3.05) is 31.6 Å². The second kappa shape index (κ2) is 9.15. The molecule has 0 bridgehead atoms. The van der Waals surface area contributed by atoms with Gasteiger partial charge in [0.1, 0.15) is 5.75 Å². The van der Waals surface area contributed by atoms with Crippen LogP contribution in [0.3, 0.4) is 0 Å². The number of anilines is 1. The normalized spacial score (nSPS) is 17.5. The number of nitrogens with zero attached hydrogens (tertiary/aromatic N) is 2. The van der Waals surface area contributed by atoms with Crippen LogP contribution in [-0.2, 0) is 16.4 Å². The minimum absolute atomic E-state index is 0.0195. The van der Waals surface area contributed by atoms with Crippen LogP contribution in [0.4, 0.5) is 14.5 Å². The van der Waals surface area contributed by atoms with Gasteiger partial charge in [0, 0.05) is 25.7 Å². The molecule has 1 fully saturated rings. The Morgan fingerprint density at radius 1 is 0.938 bits per heavy atom. The highest BCUT2D eigenvalue weighted by Crippen LogP contribution is 2.33. The molecule has 9 heteroatoms. The van der Waals surface area contributed by atoms with E-state index in [1.165, 1.54) is 34.5 Å². The monoisotopic (exact) mass is 464 g/mol. The van der Waals surface area contributed by atoms with Crippen molar-refractivity contribution in [3.8, 4) is 5.75 Å². The van der Waals surface area contributed by atoms with Gasteiger partial charge in [0.05, 0.1) is 23.3 Å². The van der Waals surface area contributed by atoms with Crippen molar-refractivity contribution in [2.45, 2.75) is 43.4 Å². The minimum atomic E-state index is -3.77. The zero-order chi connectivity index (χ0) is 22.9. The second-order valence-corrected chi connectivity index (χ2v) is 10.1. The van der Waals surface area contributed by atoms with Crippen molar-refractivity contribution in [3.05, 3.63) is 53.1 Å². The van der Waals surface area contributed by atoms with Gasteiger partial charge in [0.25, 0.3) is 5.91 Å². The molecule has 0 radical (unpaired) electrons. The lowest BCUT2D eigenvalue weighted by molar-refractivity contribution is 0.0982. The molecule has 4 rings (SSSR count). The van der Waals surface area contributed by atoms with Crippen LogP contribution in [-0.4, -0.2) is 45.4 Å². The highest BCUT2D eigenvalue weighted by atomic mass is 32.2. The summed E-state index contributed by atoms with van der Waals surface area (Å²) in [5.41, 5.74) is 0.903. The Morgan fingerprint density at radius 2 is 1.62 bits per heavy atom. The highest BCUT2D eigenvalue weighted by molar-refractivity contribution is 7.89. The molecule has 172 valence electrons. The number of fused-ring (bicyclic) bond motifs is 1. The van der Waals surface area contributed by atoms with E-state index in [9.17, 15) is 22.0 Å². The lowest BCUT2D eigenvalue weighted by atomic mass is 10.00. The number of halogens is 2. The predicted octanol–water partition coefficient (Wildman–Crippen LogP) is 4.13. The molecular weight excluding hydrogens is 438 g/mol. The van der Waals surface area contributed by atoms with Crippen LogP contribution in [0.5, 0.6) is 5.75 Å². The van der Waals surface area contributed by atoms with Crippen molar-refractivity contribution < 1.29 is 26.7 Å². The van der Waals surface area contributed by atoms with Crippen molar-refractivity contribution in [2.24, 2.45) is 0 Å². The third-order valence-corrected chi connectivity index (χ3v) is 7.98. The maximum atomic E-state index is 13.9. The van der Waals surface area contributed by atoms with Gasteiger partial charge in [-0.1, -0.05) is 12.8 Å². The van der Waals surface area contributed by atoms with E-state index < -0.39 is 27.6 Å². The Kier molecular flexibility index (Phi) is 6.48. The fraction of sp³-hybridized carbons (Fsp3) is 0.435. The molecule has 0 aromatic heterocycles. The molecule has 0 unspecified atom stereocenters. The van der Waals surface area contributed by atoms with Gasteiger partial charge < -0.3 is 9.64 Å². The summed E-state index contributed by atoms with van der Waals surface area (Å²) in [5, 5.41) is 0. The first-order chi connectivity index (χ1) is 15.3. The van der Waals surface area contributed by atoms with E-state index in [0.29, 0.717) is 43.7 Å². The first-order valence-electron chi connectivity index (χ1n) is 10.8. The average Bonchev–Trinajstić information content (AvgIpc) is 3.09. The van der Waals surface area contributed by atoms with E-state index in [-0.39, 0.29) is 16.2 Å². The Labute approximate surface area is 186 Å². The summed E-state index contributed by atoms with van der Waals surface area (Å²) in [5.74, 6) is -2.28. The molecule has 6 nitrogen and oxygen atoms in total. The second-order valence-electron chi connectivity index (χ2n) is 8.14. The number of ether oxygens (including phenoxy) is 1. The number of carbonyl (C=O) groups excluding carboxylic acids is 1. The summed E-state index contributed by atoms with van der Waals surface area (Å²) in [6.07, 6.45) is 4.68. The van der Waals surface area contributed by atoms with E-state index in [0.717, 1.165) is 37.8 Å². The van der Waals surface area contributed by atoms with Crippen LogP contribution in [0.25, 0.3) is 0 Å². The first kappa shape index (κ1) is 22.7. The Balaban J connectivity index is 1.73. The molecule has 2 aromatic carbocycles. The summed E-state index contributed by atoms with van der Waals surface area (Å²) in [6, 6.07) is 6.37. The van der Waals surface area contributed by atoms with Gasteiger partial charge in [-0.3, -0.25) is 4.79 Å². The Bertz CT molecular complexity index is 1130. The number of aryl methyl sites for hydroxylation is 1. The zero-order valence-corrected chi connectivity index (χ0v) is 18.8. The fourth-order valence-electron chi connectivity index (χ4n) is 4.38. The predicted molar refractivity (Wildman–Crippen MR) is 117 cm³/mol. The number of hydrogen-bond donors (Lipinski definition) is 0. The average molecular weight is 465 g/mol.